The van der Waals surface area contributed by atoms with Gasteiger partial charge < -0.3 is 5.32 Å². The number of carbonyl (C=O) groups excluding carboxylic acids is 3. The summed E-state index contributed by atoms with van der Waals surface area (Å²) in [6, 6.07) is 12.6. The third-order valence-electron chi connectivity index (χ3n) is 5.46. The number of fused-ring (bicyclic) bond motifs is 1. The van der Waals surface area contributed by atoms with Crippen LogP contribution in [0.1, 0.15) is 36.6 Å². The summed E-state index contributed by atoms with van der Waals surface area (Å²) in [5.74, 6) is -1.92. The van der Waals surface area contributed by atoms with Crippen molar-refractivity contribution in [3.63, 3.8) is 0 Å². The van der Waals surface area contributed by atoms with Crippen molar-refractivity contribution in [3.8, 4) is 11.1 Å². The molecule has 0 radical (unpaired) electrons. The summed E-state index contributed by atoms with van der Waals surface area (Å²) in [5.41, 5.74) is 1.24. The van der Waals surface area contributed by atoms with Gasteiger partial charge in [0.25, 0.3) is 27.8 Å². The molecular weight excluding hydrogens is 512 g/mol. The molecule has 0 saturated carbocycles. The lowest BCUT2D eigenvalue weighted by atomic mass is 10.0. The number of imide groups is 1. The van der Waals surface area contributed by atoms with E-state index >= 15 is 0 Å². The Labute approximate surface area is 209 Å². The quantitative estimate of drug-likeness (QED) is 0.136. The first-order valence-electron chi connectivity index (χ1n) is 10.2. The molecule has 3 aromatic carbocycles. The normalized spacial score (nSPS) is 13.2. The average Bonchev–Trinajstić information content (AvgIpc) is 3.10. The lowest BCUT2D eigenvalue weighted by Crippen LogP contribution is -2.29. The van der Waals surface area contributed by atoms with E-state index in [9.17, 15) is 27.4 Å². The summed E-state index contributed by atoms with van der Waals surface area (Å²) in [6.07, 6.45) is 0. The zero-order valence-electron chi connectivity index (χ0n) is 18.7. The second kappa shape index (κ2) is 9.81. The molecule has 11 nitrogen and oxygen atoms in total. The highest BCUT2D eigenvalue weighted by atomic mass is 32.2. The van der Waals surface area contributed by atoms with Crippen LogP contribution in [-0.2, 0) is 19.5 Å². The van der Waals surface area contributed by atoms with Crippen molar-refractivity contribution < 1.29 is 42.0 Å². The Hall–Kier alpha value is -3.59. The van der Waals surface area contributed by atoms with Crippen LogP contribution in [0.15, 0.2) is 64.4 Å². The van der Waals surface area contributed by atoms with E-state index in [4.69, 9.17) is 5.26 Å². The van der Waals surface area contributed by atoms with Crippen molar-refractivity contribution in [1.82, 2.24) is 5.32 Å². The monoisotopic (exact) mass is 530 g/mol. The minimum atomic E-state index is -4.84. The maximum absolute atomic E-state index is 13.1. The van der Waals surface area contributed by atoms with Gasteiger partial charge in [0.2, 0.25) is 0 Å². The van der Waals surface area contributed by atoms with Crippen molar-refractivity contribution >= 4 is 45.6 Å². The van der Waals surface area contributed by atoms with Crippen molar-refractivity contribution in [2.45, 2.75) is 16.7 Å². The van der Waals surface area contributed by atoms with E-state index in [-0.39, 0.29) is 27.9 Å². The van der Waals surface area contributed by atoms with Gasteiger partial charge in [-0.05, 0) is 54.4 Å². The second-order valence-electron chi connectivity index (χ2n) is 7.67. The van der Waals surface area contributed by atoms with E-state index in [2.05, 4.69) is 14.7 Å². The van der Waals surface area contributed by atoms with Gasteiger partial charge in [-0.1, -0.05) is 23.2 Å². The third kappa shape index (κ3) is 4.63. The van der Waals surface area contributed by atoms with Gasteiger partial charge in [-0.3, -0.25) is 18.9 Å². The first kappa shape index (κ1) is 25.5. The van der Waals surface area contributed by atoms with Gasteiger partial charge in [-0.25, -0.2) is 10.2 Å². The summed E-state index contributed by atoms with van der Waals surface area (Å²) in [5, 5.41) is 14.6. The van der Waals surface area contributed by atoms with Gasteiger partial charge >= 0.3 is 0 Å². The standard InChI is InChI=1S/C23H18N2O9S2/c1-12-3-6-15(19(9-12)35-34-33-29)16-8-5-14(11-20(16)36(30,31)32)25-22(27)17-7-4-13(21(26)24-2)10-18(17)23(25)28/h3-11,29H,1-2H3,(H,24,26)(H,30,31,32). The van der Waals surface area contributed by atoms with E-state index in [1.165, 1.54) is 37.4 Å². The van der Waals surface area contributed by atoms with Crippen LogP contribution in [0, 0.1) is 6.92 Å². The molecule has 3 aromatic rings. The fraction of sp³-hybridized carbons (Fsp3) is 0.0870. The van der Waals surface area contributed by atoms with Gasteiger partial charge in [0.15, 0.2) is 0 Å². The predicted molar refractivity (Wildman–Crippen MR) is 128 cm³/mol. The number of amides is 3. The zero-order chi connectivity index (χ0) is 26.2. The molecule has 3 N–H and O–H groups in total. The number of hydrogen-bond donors (Lipinski definition) is 3. The highest BCUT2D eigenvalue weighted by Gasteiger charge is 2.38. The van der Waals surface area contributed by atoms with E-state index in [1.54, 1.807) is 25.1 Å². The van der Waals surface area contributed by atoms with E-state index in [0.717, 1.165) is 16.5 Å². The fourth-order valence-electron chi connectivity index (χ4n) is 3.82. The van der Waals surface area contributed by atoms with Crippen LogP contribution >= 0.6 is 12.0 Å². The van der Waals surface area contributed by atoms with Crippen LogP contribution in [0.2, 0.25) is 0 Å². The SMILES string of the molecule is CNC(=O)c1ccc2c(c1)C(=O)N(c1ccc(-c3ccc(C)cc3SOOO)c(S(=O)(=O)O)c1)C2=O. The van der Waals surface area contributed by atoms with Crippen LogP contribution < -0.4 is 10.2 Å². The molecule has 1 aliphatic heterocycles. The maximum Gasteiger partial charge on any atom is 0.295 e. The third-order valence-corrected chi connectivity index (χ3v) is 7.00. The summed E-state index contributed by atoms with van der Waals surface area (Å²) in [7, 11) is -3.41. The van der Waals surface area contributed by atoms with Crippen LogP contribution in [0.4, 0.5) is 5.69 Å². The Bertz CT molecular complexity index is 1520. The minimum absolute atomic E-state index is 0.0167. The first-order chi connectivity index (χ1) is 17.1. The summed E-state index contributed by atoms with van der Waals surface area (Å²) in [6.45, 7) is 1.78. The topological polar surface area (TPSA) is 160 Å². The molecule has 13 heteroatoms. The predicted octanol–water partition coefficient (Wildman–Crippen LogP) is 3.50. The van der Waals surface area contributed by atoms with E-state index in [0.29, 0.717) is 22.5 Å². The Kier molecular flexibility index (Phi) is 6.95. The second-order valence-corrected chi connectivity index (χ2v) is 9.80. The van der Waals surface area contributed by atoms with Gasteiger partial charge in [0, 0.05) is 23.1 Å². The Morgan fingerprint density at radius 2 is 1.61 bits per heavy atom. The molecule has 1 heterocycles. The minimum Gasteiger partial charge on any atom is -0.355 e. The number of benzene rings is 3. The Morgan fingerprint density at radius 1 is 0.944 bits per heavy atom. The molecule has 186 valence electrons. The fourth-order valence-corrected chi connectivity index (χ4v) is 5.15. The van der Waals surface area contributed by atoms with Crippen molar-refractivity contribution in [1.29, 1.82) is 0 Å². The number of anilines is 1. The number of aryl methyl sites for hydroxylation is 1. The first-order valence-corrected chi connectivity index (χ1v) is 12.4. The molecule has 0 atom stereocenters. The molecule has 0 fully saturated rings. The lowest BCUT2D eigenvalue weighted by molar-refractivity contribution is -0.432. The number of nitrogens with zero attached hydrogens (tertiary/aromatic N) is 1. The largest absolute Gasteiger partial charge is 0.355 e. The average molecular weight is 531 g/mol. The maximum atomic E-state index is 13.1. The van der Waals surface area contributed by atoms with Crippen molar-refractivity contribution in [2.75, 3.05) is 11.9 Å². The molecule has 0 aliphatic carbocycles. The highest BCUT2D eigenvalue weighted by Crippen LogP contribution is 2.39. The number of rotatable bonds is 7. The molecule has 0 spiro atoms. The molecule has 36 heavy (non-hydrogen) atoms. The van der Waals surface area contributed by atoms with Crippen molar-refractivity contribution in [3.05, 3.63) is 76.9 Å². The highest BCUT2D eigenvalue weighted by molar-refractivity contribution is 7.94. The molecule has 1 aliphatic rings. The lowest BCUT2D eigenvalue weighted by Gasteiger charge is -2.17. The number of carbonyl (C=O) groups is 3. The van der Waals surface area contributed by atoms with Crippen molar-refractivity contribution in [2.24, 2.45) is 0 Å². The van der Waals surface area contributed by atoms with E-state index in [1.807, 2.05) is 0 Å². The van der Waals surface area contributed by atoms with Crippen LogP contribution in [0.3, 0.4) is 0 Å². The zero-order valence-corrected chi connectivity index (χ0v) is 20.3. The van der Waals surface area contributed by atoms with Crippen LogP contribution in [0.25, 0.3) is 11.1 Å². The summed E-state index contributed by atoms with van der Waals surface area (Å²) >= 11 is 0.603. The smallest absolute Gasteiger partial charge is 0.295 e. The van der Waals surface area contributed by atoms with Gasteiger partial charge in [-0.15, -0.1) is 4.33 Å². The van der Waals surface area contributed by atoms with Crippen LogP contribution in [-0.4, -0.2) is 43.0 Å². The molecule has 0 aromatic heterocycles. The number of hydrogen-bond acceptors (Lipinski definition) is 9. The molecule has 3 amide bonds. The summed E-state index contributed by atoms with van der Waals surface area (Å²) in [4.78, 5) is 38.6. The molecule has 4 rings (SSSR count). The Balaban J connectivity index is 1.82. The van der Waals surface area contributed by atoms with E-state index < -0.39 is 32.7 Å². The van der Waals surface area contributed by atoms with Gasteiger partial charge in [-0.2, -0.15) is 8.42 Å². The summed E-state index contributed by atoms with van der Waals surface area (Å²) < 4.78 is 39.2. The van der Waals surface area contributed by atoms with Gasteiger partial charge in [0.1, 0.15) is 4.90 Å². The number of nitrogens with one attached hydrogen (secondary N) is 1. The Morgan fingerprint density at radius 3 is 2.28 bits per heavy atom. The molecule has 0 saturated heterocycles. The van der Waals surface area contributed by atoms with Gasteiger partial charge in [0.05, 0.1) is 28.9 Å². The molecule has 0 bridgehead atoms. The molecule has 0 unspecified atom stereocenters. The van der Waals surface area contributed by atoms with Crippen LogP contribution in [0.5, 0.6) is 0 Å². The molecular formula is C23H18N2O9S2.